The quantitative estimate of drug-likeness (QED) is 0.839. The number of nitrogens with one attached hydrogen (secondary N) is 1. The number of anilines is 2. The van der Waals surface area contributed by atoms with E-state index in [9.17, 15) is 4.79 Å². The van der Waals surface area contributed by atoms with E-state index in [-0.39, 0.29) is 12.0 Å². The molecule has 1 saturated carbocycles. The Labute approximate surface area is 128 Å². The Balaban J connectivity index is 1.67. The standard InChI is InChI=1S/C14H22N4O2S/c1-2-18(8-10-4-3-7-20-10)13(19)11-12(15)17-14(21-11)16-9-5-6-9/h9-10H,2-8,15H2,1H3,(H,16,17). The zero-order chi connectivity index (χ0) is 14.8. The summed E-state index contributed by atoms with van der Waals surface area (Å²) in [5.41, 5.74) is 5.92. The second-order valence-corrected chi connectivity index (χ2v) is 6.63. The second kappa shape index (κ2) is 6.19. The zero-order valence-electron chi connectivity index (χ0n) is 12.3. The molecular formula is C14H22N4O2S. The van der Waals surface area contributed by atoms with Crippen LogP contribution in [0.1, 0.15) is 42.3 Å². The number of rotatable bonds is 6. The SMILES string of the molecule is CCN(CC1CCCO1)C(=O)c1sc(NC2CC2)nc1N. The van der Waals surface area contributed by atoms with E-state index in [1.54, 1.807) is 4.90 Å². The van der Waals surface area contributed by atoms with Gasteiger partial charge in [-0.3, -0.25) is 4.79 Å². The summed E-state index contributed by atoms with van der Waals surface area (Å²) < 4.78 is 5.62. The van der Waals surface area contributed by atoms with Crippen molar-refractivity contribution in [2.75, 3.05) is 30.7 Å². The molecule has 1 aliphatic heterocycles. The largest absolute Gasteiger partial charge is 0.382 e. The third kappa shape index (κ3) is 3.47. The maximum Gasteiger partial charge on any atom is 0.267 e. The van der Waals surface area contributed by atoms with Crippen LogP contribution in [0.5, 0.6) is 0 Å². The van der Waals surface area contributed by atoms with Gasteiger partial charge in [0.15, 0.2) is 5.13 Å². The fourth-order valence-corrected chi connectivity index (χ4v) is 3.41. The number of likely N-dealkylation sites (N-methyl/N-ethyl adjacent to an activating group) is 1. The number of nitrogens with zero attached hydrogens (tertiary/aromatic N) is 2. The fraction of sp³-hybridized carbons (Fsp3) is 0.714. The first-order chi connectivity index (χ1) is 10.2. The van der Waals surface area contributed by atoms with Gasteiger partial charge in [-0.25, -0.2) is 4.98 Å². The maximum absolute atomic E-state index is 12.6. The number of hydrogen-bond donors (Lipinski definition) is 2. The van der Waals surface area contributed by atoms with Crippen molar-refractivity contribution in [2.24, 2.45) is 0 Å². The summed E-state index contributed by atoms with van der Waals surface area (Å²) in [4.78, 5) is 19.2. The summed E-state index contributed by atoms with van der Waals surface area (Å²) in [6.45, 7) is 4.07. The van der Waals surface area contributed by atoms with Crippen LogP contribution in [0.15, 0.2) is 0 Å². The summed E-state index contributed by atoms with van der Waals surface area (Å²) in [5.74, 6) is 0.297. The molecule has 0 radical (unpaired) electrons. The predicted molar refractivity (Wildman–Crippen MR) is 83.7 cm³/mol. The normalized spacial score (nSPS) is 21.5. The Morgan fingerprint density at radius 2 is 2.33 bits per heavy atom. The molecule has 3 rings (SSSR count). The molecule has 2 heterocycles. The Morgan fingerprint density at radius 1 is 1.52 bits per heavy atom. The molecule has 1 aliphatic carbocycles. The Kier molecular flexibility index (Phi) is 4.30. The average molecular weight is 310 g/mol. The van der Waals surface area contributed by atoms with Crippen LogP contribution < -0.4 is 11.1 Å². The smallest absolute Gasteiger partial charge is 0.267 e. The van der Waals surface area contributed by atoms with Crippen molar-refractivity contribution in [2.45, 2.75) is 44.8 Å². The van der Waals surface area contributed by atoms with Gasteiger partial charge in [0.25, 0.3) is 5.91 Å². The first-order valence-corrected chi connectivity index (χ1v) is 8.42. The van der Waals surface area contributed by atoms with Crippen molar-refractivity contribution in [3.05, 3.63) is 4.88 Å². The summed E-state index contributed by atoms with van der Waals surface area (Å²) in [5, 5.41) is 4.05. The lowest BCUT2D eigenvalue weighted by molar-refractivity contribution is 0.0543. The van der Waals surface area contributed by atoms with Gasteiger partial charge in [-0.15, -0.1) is 0 Å². The van der Waals surface area contributed by atoms with Crippen LogP contribution in [0.2, 0.25) is 0 Å². The molecule has 6 nitrogen and oxygen atoms in total. The molecule has 3 N–H and O–H groups in total. The van der Waals surface area contributed by atoms with Crippen molar-refractivity contribution in [3.8, 4) is 0 Å². The number of aromatic nitrogens is 1. The number of carbonyl (C=O) groups excluding carboxylic acids is 1. The van der Waals surface area contributed by atoms with Crippen LogP contribution in [-0.4, -0.2) is 47.6 Å². The third-order valence-corrected chi connectivity index (χ3v) is 4.86. The first kappa shape index (κ1) is 14.6. The van der Waals surface area contributed by atoms with E-state index in [2.05, 4.69) is 10.3 Å². The fourth-order valence-electron chi connectivity index (χ4n) is 2.48. The minimum absolute atomic E-state index is 0.0353. The summed E-state index contributed by atoms with van der Waals surface area (Å²) in [6.07, 6.45) is 4.60. The summed E-state index contributed by atoms with van der Waals surface area (Å²) in [7, 11) is 0. The minimum atomic E-state index is -0.0353. The van der Waals surface area contributed by atoms with Gasteiger partial charge < -0.3 is 20.7 Å². The molecule has 0 bridgehead atoms. The number of carbonyl (C=O) groups is 1. The number of ether oxygens (including phenoxy) is 1. The minimum Gasteiger partial charge on any atom is -0.382 e. The molecule has 0 aromatic carbocycles. The number of thiazole rings is 1. The Hall–Kier alpha value is -1.34. The van der Waals surface area contributed by atoms with Crippen molar-refractivity contribution < 1.29 is 9.53 Å². The van der Waals surface area contributed by atoms with Gasteiger partial charge in [0.05, 0.1) is 6.10 Å². The molecule has 7 heteroatoms. The van der Waals surface area contributed by atoms with Gasteiger partial charge in [0.2, 0.25) is 0 Å². The van der Waals surface area contributed by atoms with E-state index in [1.165, 1.54) is 24.2 Å². The molecule has 1 aromatic heterocycles. The van der Waals surface area contributed by atoms with Gasteiger partial charge in [-0.05, 0) is 32.6 Å². The van der Waals surface area contributed by atoms with Gasteiger partial charge in [-0.1, -0.05) is 11.3 Å². The van der Waals surface area contributed by atoms with Gasteiger partial charge >= 0.3 is 0 Å². The van der Waals surface area contributed by atoms with E-state index < -0.39 is 0 Å². The second-order valence-electron chi connectivity index (χ2n) is 5.63. The highest BCUT2D eigenvalue weighted by molar-refractivity contribution is 7.18. The number of nitrogen functional groups attached to an aromatic ring is 1. The Bertz CT molecular complexity index is 509. The lowest BCUT2D eigenvalue weighted by atomic mass is 10.2. The van der Waals surface area contributed by atoms with Gasteiger partial charge in [0.1, 0.15) is 10.7 Å². The van der Waals surface area contributed by atoms with Crippen LogP contribution in [0, 0.1) is 0 Å². The molecule has 1 atom stereocenters. The molecule has 1 aromatic rings. The Morgan fingerprint density at radius 3 is 2.95 bits per heavy atom. The molecule has 1 amide bonds. The van der Waals surface area contributed by atoms with E-state index in [0.29, 0.717) is 29.8 Å². The number of hydrogen-bond acceptors (Lipinski definition) is 6. The van der Waals surface area contributed by atoms with Crippen LogP contribution >= 0.6 is 11.3 Å². The van der Waals surface area contributed by atoms with Crippen LogP contribution in [0.4, 0.5) is 10.9 Å². The van der Waals surface area contributed by atoms with E-state index in [4.69, 9.17) is 10.5 Å². The third-order valence-electron chi connectivity index (χ3n) is 3.87. The number of amides is 1. The molecule has 2 aliphatic rings. The lowest BCUT2D eigenvalue weighted by Gasteiger charge is -2.23. The maximum atomic E-state index is 12.6. The van der Waals surface area contributed by atoms with Crippen LogP contribution in [0.25, 0.3) is 0 Å². The van der Waals surface area contributed by atoms with E-state index in [1.807, 2.05) is 6.92 Å². The molecule has 1 saturated heterocycles. The molecule has 21 heavy (non-hydrogen) atoms. The molecule has 2 fully saturated rings. The van der Waals surface area contributed by atoms with Crippen molar-refractivity contribution in [1.29, 1.82) is 0 Å². The van der Waals surface area contributed by atoms with Crippen LogP contribution in [0.3, 0.4) is 0 Å². The number of nitrogens with two attached hydrogens (primary N) is 1. The molecular weight excluding hydrogens is 288 g/mol. The van der Waals surface area contributed by atoms with Gasteiger partial charge in [0, 0.05) is 25.7 Å². The van der Waals surface area contributed by atoms with Crippen molar-refractivity contribution in [1.82, 2.24) is 9.88 Å². The monoisotopic (exact) mass is 310 g/mol. The van der Waals surface area contributed by atoms with Crippen molar-refractivity contribution in [3.63, 3.8) is 0 Å². The summed E-state index contributed by atoms with van der Waals surface area (Å²) >= 11 is 1.36. The van der Waals surface area contributed by atoms with Crippen LogP contribution in [-0.2, 0) is 4.74 Å². The predicted octanol–water partition coefficient (Wildman–Crippen LogP) is 1.94. The highest BCUT2D eigenvalue weighted by atomic mass is 32.1. The topological polar surface area (TPSA) is 80.5 Å². The molecule has 1 unspecified atom stereocenters. The zero-order valence-corrected chi connectivity index (χ0v) is 13.1. The van der Waals surface area contributed by atoms with Crippen molar-refractivity contribution >= 4 is 28.2 Å². The lowest BCUT2D eigenvalue weighted by Crippen LogP contribution is -2.37. The average Bonchev–Trinajstić information content (AvgIpc) is 2.99. The molecule has 116 valence electrons. The first-order valence-electron chi connectivity index (χ1n) is 7.61. The van der Waals surface area contributed by atoms with E-state index >= 15 is 0 Å². The van der Waals surface area contributed by atoms with Gasteiger partial charge in [-0.2, -0.15) is 0 Å². The highest BCUT2D eigenvalue weighted by Crippen LogP contribution is 2.31. The van der Waals surface area contributed by atoms with E-state index in [0.717, 1.165) is 24.6 Å². The summed E-state index contributed by atoms with van der Waals surface area (Å²) in [6, 6.07) is 0.507. The molecule has 0 spiro atoms. The highest BCUT2D eigenvalue weighted by Gasteiger charge is 2.27.